The Morgan fingerprint density at radius 2 is 2.18 bits per heavy atom. The molecule has 0 aliphatic heterocycles. The van der Waals surface area contributed by atoms with E-state index in [4.69, 9.17) is 4.74 Å². The van der Waals surface area contributed by atoms with Crippen LogP contribution in [0.15, 0.2) is 18.2 Å². The molecule has 0 N–H and O–H groups in total. The van der Waals surface area contributed by atoms with Crippen LogP contribution in [-0.2, 0) is 11.2 Å². The van der Waals surface area contributed by atoms with Gasteiger partial charge in [-0.15, -0.1) is 0 Å². The van der Waals surface area contributed by atoms with E-state index >= 15 is 0 Å². The summed E-state index contributed by atoms with van der Waals surface area (Å²) in [6.45, 7) is 4.17. The molecule has 0 bridgehead atoms. The SMILES string of the molecule is CC(=O)CCOc1cc(C)ccc1CC1CC1. The number of hydrogen-bond acceptors (Lipinski definition) is 2. The van der Waals surface area contributed by atoms with Gasteiger partial charge in [-0.1, -0.05) is 12.1 Å². The molecule has 0 saturated heterocycles. The first-order valence-electron chi connectivity index (χ1n) is 6.37. The van der Waals surface area contributed by atoms with Gasteiger partial charge in [-0.25, -0.2) is 0 Å². The van der Waals surface area contributed by atoms with Crippen LogP contribution in [-0.4, -0.2) is 12.4 Å². The molecule has 1 aromatic carbocycles. The van der Waals surface area contributed by atoms with Crippen molar-refractivity contribution in [3.05, 3.63) is 29.3 Å². The summed E-state index contributed by atoms with van der Waals surface area (Å²) in [5.41, 5.74) is 2.50. The smallest absolute Gasteiger partial charge is 0.133 e. The maximum absolute atomic E-state index is 10.9. The molecule has 1 aromatic rings. The Morgan fingerprint density at radius 1 is 1.41 bits per heavy atom. The van der Waals surface area contributed by atoms with Gasteiger partial charge in [0.2, 0.25) is 0 Å². The summed E-state index contributed by atoms with van der Waals surface area (Å²) in [5.74, 6) is 2.01. The highest BCUT2D eigenvalue weighted by molar-refractivity contribution is 5.75. The number of ketones is 1. The molecule has 0 atom stereocenters. The third-order valence-corrected chi connectivity index (χ3v) is 3.14. The van der Waals surface area contributed by atoms with Crippen molar-refractivity contribution >= 4 is 5.78 Å². The first kappa shape index (κ1) is 12.2. The standard InChI is InChI=1S/C15H20O2/c1-11-3-6-14(10-13-4-5-13)15(9-11)17-8-7-12(2)16/h3,6,9,13H,4-5,7-8,10H2,1-2H3. The third kappa shape index (κ3) is 3.88. The van der Waals surface area contributed by atoms with Crippen LogP contribution in [0.5, 0.6) is 5.75 Å². The van der Waals surface area contributed by atoms with Crippen LogP contribution in [0.4, 0.5) is 0 Å². The van der Waals surface area contributed by atoms with Crippen molar-refractivity contribution < 1.29 is 9.53 Å². The number of aryl methyl sites for hydroxylation is 1. The van der Waals surface area contributed by atoms with Gasteiger partial charge in [-0.3, -0.25) is 4.79 Å². The zero-order valence-corrected chi connectivity index (χ0v) is 10.7. The first-order valence-corrected chi connectivity index (χ1v) is 6.37. The molecule has 2 nitrogen and oxygen atoms in total. The van der Waals surface area contributed by atoms with Gasteiger partial charge >= 0.3 is 0 Å². The molecule has 17 heavy (non-hydrogen) atoms. The number of benzene rings is 1. The van der Waals surface area contributed by atoms with Crippen LogP contribution in [0.1, 0.15) is 37.3 Å². The number of hydrogen-bond donors (Lipinski definition) is 0. The quantitative estimate of drug-likeness (QED) is 0.752. The molecule has 92 valence electrons. The van der Waals surface area contributed by atoms with E-state index in [9.17, 15) is 4.79 Å². The second-order valence-corrected chi connectivity index (χ2v) is 5.06. The molecular formula is C15H20O2. The van der Waals surface area contributed by atoms with Gasteiger partial charge in [0.15, 0.2) is 0 Å². The van der Waals surface area contributed by atoms with E-state index in [-0.39, 0.29) is 5.78 Å². The van der Waals surface area contributed by atoms with Crippen molar-refractivity contribution in [3.63, 3.8) is 0 Å². The van der Waals surface area contributed by atoms with Gasteiger partial charge in [0.1, 0.15) is 11.5 Å². The fourth-order valence-electron chi connectivity index (χ4n) is 1.90. The summed E-state index contributed by atoms with van der Waals surface area (Å²) in [4.78, 5) is 10.9. The predicted octanol–water partition coefficient (Wildman–Crippen LogP) is 3.31. The molecule has 1 aliphatic rings. The Hall–Kier alpha value is -1.31. The zero-order valence-electron chi connectivity index (χ0n) is 10.7. The highest BCUT2D eigenvalue weighted by Crippen LogP contribution is 2.35. The van der Waals surface area contributed by atoms with Crippen molar-refractivity contribution in [1.82, 2.24) is 0 Å². The normalized spacial score (nSPS) is 14.7. The Labute approximate surface area is 103 Å². The maximum atomic E-state index is 10.9. The number of ether oxygens (including phenoxy) is 1. The molecule has 2 rings (SSSR count). The van der Waals surface area contributed by atoms with Crippen LogP contribution in [0, 0.1) is 12.8 Å². The molecule has 1 saturated carbocycles. The summed E-state index contributed by atoms with van der Waals surface area (Å²) < 4.78 is 5.74. The second kappa shape index (κ2) is 5.35. The maximum Gasteiger partial charge on any atom is 0.133 e. The second-order valence-electron chi connectivity index (χ2n) is 5.06. The molecule has 0 spiro atoms. The topological polar surface area (TPSA) is 26.3 Å². The van der Waals surface area contributed by atoms with E-state index in [1.54, 1.807) is 6.92 Å². The van der Waals surface area contributed by atoms with Crippen molar-refractivity contribution in [2.24, 2.45) is 5.92 Å². The lowest BCUT2D eigenvalue weighted by atomic mass is 10.1. The van der Waals surface area contributed by atoms with E-state index < -0.39 is 0 Å². The molecular weight excluding hydrogens is 212 g/mol. The van der Waals surface area contributed by atoms with E-state index in [1.165, 1.54) is 24.0 Å². The van der Waals surface area contributed by atoms with Crippen molar-refractivity contribution in [2.75, 3.05) is 6.61 Å². The summed E-state index contributed by atoms with van der Waals surface area (Å²) >= 11 is 0. The Morgan fingerprint density at radius 3 is 2.82 bits per heavy atom. The minimum Gasteiger partial charge on any atom is -0.493 e. The first-order chi connectivity index (χ1) is 8.15. The van der Waals surface area contributed by atoms with Gasteiger partial charge < -0.3 is 4.74 Å². The monoisotopic (exact) mass is 232 g/mol. The average molecular weight is 232 g/mol. The predicted molar refractivity (Wildman–Crippen MR) is 68.4 cm³/mol. The molecule has 0 heterocycles. The van der Waals surface area contributed by atoms with Gasteiger partial charge in [0.05, 0.1) is 6.61 Å². The van der Waals surface area contributed by atoms with Gasteiger partial charge in [0.25, 0.3) is 0 Å². The van der Waals surface area contributed by atoms with Gasteiger partial charge in [0, 0.05) is 6.42 Å². The summed E-state index contributed by atoms with van der Waals surface area (Å²) in [6, 6.07) is 6.38. The molecule has 0 amide bonds. The summed E-state index contributed by atoms with van der Waals surface area (Å²) in [5, 5.41) is 0. The highest BCUT2D eigenvalue weighted by Gasteiger charge is 2.23. The molecule has 2 heteroatoms. The van der Waals surface area contributed by atoms with Gasteiger partial charge in [-0.05, 0) is 56.2 Å². The van der Waals surface area contributed by atoms with Crippen LogP contribution >= 0.6 is 0 Å². The Balaban J connectivity index is 2.00. The van der Waals surface area contributed by atoms with E-state index in [1.807, 2.05) is 0 Å². The Bertz CT molecular complexity index is 405. The fraction of sp³-hybridized carbons (Fsp3) is 0.533. The van der Waals surface area contributed by atoms with Crippen molar-refractivity contribution in [3.8, 4) is 5.75 Å². The third-order valence-electron chi connectivity index (χ3n) is 3.14. The number of carbonyl (C=O) groups excluding carboxylic acids is 1. The van der Waals surface area contributed by atoms with Crippen molar-refractivity contribution in [1.29, 1.82) is 0 Å². The molecule has 0 radical (unpaired) electrons. The van der Waals surface area contributed by atoms with E-state index in [2.05, 4.69) is 25.1 Å². The van der Waals surface area contributed by atoms with Crippen LogP contribution in [0.2, 0.25) is 0 Å². The molecule has 1 aliphatic carbocycles. The largest absolute Gasteiger partial charge is 0.493 e. The zero-order chi connectivity index (χ0) is 12.3. The lowest BCUT2D eigenvalue weighted by molar-refractivity contribution is -0.117. The Kier molecular flexibility index (Phi) is 3.82. The molecule has 0 unspecified atom stereocenters. The lowest BCUT2D eigenvalue weighted by Crippen LogP contribution is -2.05. The fourth-order valence-corrected chi connectivity index (χ4v) is 1.90. The summed E-state index contributed by atoms with van der Waals surface area (Å²) in [7, 11) is 0. The molecule has 0 aromatic heterocycles. The lowest BCUT2D eigenvalue weighted by Gasteiger charge is -2.11. The minimum atomic E-state index is 0.182. The van der Waals surface area contributed by atoms with Gasteiger partial charge in [-0.2, -0.15) is 0 Å². The van der Waals surface area contributed by atoms with E-state index in [0.717, 1.165) is 18.1 Å². The average Bonchev–Trinajstić information content (AvgIpc) is 3.05. The van der Waals surface area contributed by atoms with Crippen molar-refractivity contribution in [2.45, 2.75) is 39.5 Å². The number of Topliss-reactive ketones (excluding diaryl/α,β-unsaturated/α-hetero) is 1. The van der Waals surface area contributed by atoms with Crippen LogP contribution < -0.4 is 4.74 Å². The van der Waals surface area contributed by atoms with Crippen LogP contribution in [0.3, 0.4) is 0 Å². The number of carbonyl (C=O) groups is 1. The summed E-state index contributed by atoms with van der Waals surface area (Å²) in [6.07, 6.45) is 4.31. The molecule has 1 fully saturated rings. The van der Waals surface area contributed by atoms with E-state index in [0.29, 0.717) is 13.0 Å². The number of rotatable bonds is 6. The minimum absolute atomic E-state index is 0.182. The van der Waals surface area contributed by atoms with Crippen LogP contribution in [0.25, 0.3) is 0 Å². The highest BCUT2D eigenvalue weighted by atomic mass is 16.5.